The molecule has 1 heterocycles. The molecule has 2 rings (SSSR count). The van der Waals surface area contributed by atoms with Gasteiger partial charge in [-0.25, -0.2) is 0 Å². The van der Waals surface area contributed by atoms with Crippen LogP contribution < -0.4 is 10.2 Å². The number of hydrogen-bond donors (Lipinski definition) is 1. The van der Waals surface area contributed by atoms with Crippen LogP contribution in [0.1, 0.15) is 24.5 Å². The van der Waals surface area contributed by atoms with Gasteiger partial charge >= 0.3 is 0 Å². The molecule has 1 saturated heterocycles. The molecular weight excluding hydrogens is 234 g/mol. The lowest BCUT2D eigenvalue weighted by molar-refractivity contribution is 0.509. The summed E-state index contributed by atoms with van der Waals surface area (Å²) in [5, 5.41) is 12.4. The first-order chi connectivity index (χ1) is 9.10. The Morgan fingerprint density at radius 3 is 2.84 bits per heavy atom. The Balaban J connectivity index is 2.22. The molecule has 0 saturated carbocycles. The van der Waals surface area contributed by atoms with Crippen molar-refractivity contribution in [2.75, 3.05) is 24.5 Å². The summed E-state index contributed by atoms with van der Waals surface area (Å²) < 4.78 is 0. The molecular formula is C16H23N3. The van der Waals surface area contributed by atoms with Gasteiger partial charge in [-0.2, -0.15) is 5.26 Å². The van der Waals surface area contributed by atoms with Gasteiger partial charge in [0.25, 0.3) is 0 Å². The third-order valence-corrected chi connectivity index (χ3v) is 3.76. The molecule has 0 bridgehead atoms. The molecule has 1 N–H and O–H groups in total. The largest absolute Gasteiger partial charge is 0.369 e. The van der Waals surface area contributed by atoms with E-state index in [2.05, 4.69) is 55.3 Å². The zero-order chi connectivity index (χ0) is 13.8. The standard InChI is InChI=1S/C16H23N3/c1-12-4-5-16(14(3)8-12)19-10-13(2)9-18-15(11-19)6-7-17/h4-5,8,13,15,18H,6,9-11H2,1-3H3. The highest BCUT2D eigenvalue weighted by Crippen LogP contribution is 2.24. The van der Waals surface area contributed by atoms with Gasteiger partial charge in [0.1, 0.15) is 0 Å². The lowest BCUT2D eigenvalue weighted by Crippen LogP contribution is -2.37. The summed E-state index contributed by atoms with van der Waals surface area (Å²) in [5.74, 6) is 0.601. The fourth-order valence-corrected chi connectivity index (χ4v) is 2.82. The molecule has 1 aromatic carbocycles. The van der Waals surface area contributed by atoms with E-state index in [9.17, 15) is 0 Å². The molecule has 0 amide bonds. The third kappa shape index (κ3) is 3.48. The molecule has 0 aromatic heterocycles. The molecule has 3 heteroatoms. The normalized spacial score (nSPS) is 23.8. The Hall–Kier alpha value is -1.53. The Morgan fingerprint density at radius 1 is 1.37 bits per heavy atom. The minimum absolute atomic E-state index is 0.274. The average Bonchev–Trinajstić information content (AvgIpc) is 2.52. The monoisotopic (exact) mass is 257 g/mol. The van der Waals surface area contributed by atoms with Crippen molar-refractivity contribution in [1.82, 2.24) is 5.32 Å². The first-order valence-corrected chi connectivity index (χ1v) is 7.02. The van der Waals surface area contributed by atoms with E-state index in [1.165, 1.54) is 16.8 Å². The molecule has 3 nitrogen and oxygen atoms in total. The molecule has 19 heavy (non-hydrogen) atoms. The minimum Gasteiger partial charge on any atom is -0.369 e. The number of hydrogen-bond acceptors (Lipinski definition) is 3. The lowest BCUT2D eigenvalue weighted by Gasteiger charge is -2.28. The number of nitriles is 1. The number of aryl methyl sites for hydroxylation is 2. The van der Waals surface area contributed by atoms with Crippen molar-refractivity contribution >= 4 is 5.69 Å². The molecule has 2 atom stereocenters. The summed E-state index contributed by atoms with van der Waals surface area (Å²) in [4.78, 5) is 2.43. The predicted molar refractivity (Wildman–Crippen MR) is 79.3 cm³/mol. The van der Waals surface area contributed by atoms with Gasteiger partial charge < -0.3 is 10.2 Å². The van der Waals surface area contributed by atoms with Gasteiger partial charge in [0.05, 0.1) is 12.5 Å². The van der Waals surface area contributed by atoms with Crippen molar-refractivity contribution in [3.8, 4) is 6.07 Å². The van der Waals surface area contributed by atoms with Gasteiger partial charge in [-0.1, -0.05) is 24.6 Å². The quantitative estimate of drug-likeness (QED) is 0.885. The van der Waals surface area contributed by atoms with Crippen LogP contribution >= 0.6 is 0 Å². The van der Waals surface area contributed by atoms with Crippen LogP contribution in [0.4, 0.5) is 5.69 Å². The van der Waals surface area contributed by atoms with E-state index in [1.807, 2.05) is 0 Å². The van der Waals surface area contributed by atoms with E-state index in [4.69, 9.17) is 5.26 Å². The zero-order valence-corrected chi connectivity index (χ0v) is 12.1. The molecule has 0 aliphatic carbocycles. The second-order valence-corrected chi connectivity index (χ2v) is 5.77. The Morgan fingerprint density at radius 2 is 2.16 bits per heavy atom. The summed E-state index contributed by atoms with van der Waals surface area (Å²) in [7, 11) is 0. The highest BCUT2D eigenvalue weighted by molar-refractivity contribution is 5.54. The molecule has 1 fully saturated rings. The number of nitrogens with one attached hydrogen (secondary N) is 1. The SMILES string of the molecule is Cc1ccc(N2CC(C)CNC(CC#N)C2)c(C)c1. The van der Waals surface area contributed by atoms with Crippen LogP contribution in [-0.4, -0.2) is 25.7 Å². The highest BCUT2D eigenvalue weighted by atomic mass is 15.2. The van der Waals surface area contributed by atoms with Crippen molar-refractivity contribution in [3.05, 3.63) is 29.3 Å². The van der Waals surface area contributed by atoms with Crippen molar-refractivity contribution < 1.29 is 0 Å². The van der Waals surface area contributed by atoms with Gasteiger partial charge in [-0.05, 0) is 37.9 Å². The van der Waals surface area contributed by atoms with Crippen LogP contribution in [0.2, 0.25) is 0 Å². The Kier molecular flexibility index (Phi) is 4.44. The van der Waals surface area contributed by atoms with Gasteiger partial charge in [-0.15, -0.1) is 0 Å². The highest BCUT2D eigenvalue weighted by Gasteiger charge is 2.22. The van der Waals surface area contributed by atoms with Crippen molar-refractivity contribution in [1.29, 1.82) is 5.26 Å². The van der Waals surface area contributed by atoms with Crippen LogP contribution in [0.5, 0.6) is 0 Å². The maximum atomic E-state index is 8.92. The number of anilines is 1. The van der Waals surface area contributed by atoms with Gasteiger partial charge in [0.15, 0.2) is 0 Å². The molecule has 1 aliphatic rings. The Bertz CT molecular complexity index is 475. The van der Waals surface area contributed by atoms with Gasteiger partial charge in [0.2, 0.25) is 0 Å². The smallest absolute Gasteiger partial charge is 0.0638 e. The summed E-state index contributed by atoms with van der Waals surface area (Å²) >= 11 is 0. The number of benzene rings is 1. The minimum atomic E-state index is 0.274. The third-order valence-electron chi connectivity index (χ3n) is 3.76. The summed E-state index contributed by atoms with van der Waals surface area (Å²) in [6.45, 7) is 9.53. The van der Waals surface area contributed by atoms with Crippen molar-refractivity contribution in [2.24, 2.45) is 5.92 Å². The molecule has 102 valence electrons. The maximum Gasteiger partial charge on any atom is 0.0638 e. The van der Waals surface area contributed by atoms with Crippen LogP contribution in [0.15, 0.2) is 18.2 Å². The van der Waals surface area contributed by atoms with E-state index in [1.54, 1.807) is 0 Å². The predicted octanol–water partition coefficient (Wildman–Crippen LogP) is 2.63. The van der Waals surface area contributed by atoms with Crippen LogP contribution in [0, 0.1) is 31.1 Å². The molecule has 1 aromatic rings. The second-order valence-electron chi connectivity index (χ2n) is 5.77. The fraction of sp³-hybridized carbons (Fsp3) is 0.562. The number of nitrogens with zero attached hydrogens (tertiary/aromatic N) is 2. The van der Waals surface area contributed by atoms with E-state index >= 15 is 0 Å². The van der Waals surface area contributed by atoms with E-state index in [0.29, 0.717) is 12.3 Å². The van der Waals surface area contributed by atoms with Gasteiger partial charge in [-0.3, -0.25) is 0 Å². The zero-order valence-electron chi connectivity index (χ0n) is 12.1. The summed E-state index contributed by atoms with van der Waals surface area (Å²) in [5.41, 5.74) is 3.93. The lowest BCUT2D eigenvalue weighted by atomic mass is 10.1. The van der Waals surface area contributed by atoms with E-state index in [-0.39, 0.29) is 6.04 Å². The summed E-state index contributed by atoms with van der Waals surface area (Å²) in [6, 6.07) is 9.18. The molecule has 0 radical (unpaired) electrons. The first-order valence-electron chi connectivity index (χ1n) is 7.02. The topological polar surface area (TPSA) is 39.1 Å². The molecule has 1 aliphatic heterocycles. The Labute approximate surface area is 116 Å². The van der Waals surface area contributed by atoms with Crippen molar-refractivity contribution in [3.63, 3.8) is 0 Å². The van der Waals surface area contributed by atoms with Crippen LogP contribution in [0.25, 0.3) is 0 Å². The van der Waals surface area contributed by atoms with E-state index in [0.717, 1.165) is 19.6 Å². The summed E-state index contributed by atoms with van der Waals surface area (Å²) in [6.07, 6.45) is 0.578. The van der Waals surface area contributed by atoms with E-state index < -0.39 is 0 Å². The number of rotatable bonds is 2. The second kappa shape index (κ2) is 6.08. The molecule has 2 unspecified atom stereocenters. The fourth-order valence-electron chi connectivity index (χ4n) is 2.82. The van der Waals surface area contributed by atoms with Crippen molar-refractivity contribution in [2.45, 2.75) is 33.2 Å². The van der Waals surface area contributed by atoms with Gasteiger partial charge in [0, 0.05) is 24.8 Å². The van der Waals surface area contributed by atoms with Crippen LogP contribution in [-0.2, 0) is 0 Å². The maximum absolute atomic E-state index is 8.92. The van der Waals surface area contributed by atoms with Crippen LogP contribution in [0.3, 0.4) is 0 Å². The molecule has 0 spiro atoms. The average molecular weight is 257 g/mol. The first kappa shape index (κ1) is 13.9.